The summed E-state index contributed by atoms with van der Waals surface area (Å²) in [6, 6.07) is 7.52. The zero-order valence-corrected chi connectivity index (χ0v) is 8.78. The van der Waals surface area contributed by atoms with Gasteiger partial charge in [-0.25, -0.2) is 4.39 Å². The number of fused-ring (bicyclic) bond motifs is 2. The molecule has 0 N–H and O–H groups in total. The van der Waals surface area contributed by atoms with Gasteiger partial charge in [0.05, 0.1) is 0 Å². The van der Waals surface area contributed by atoms with Crippen LogP contribution in [0.1, 0.15) is 12.0 Å². The second-order valence-corrected chi connectivity index (χ2v) is 4.55. The van der Waals surface area contributed by atoms with Gasteiger partial charge in [0.1, 0.15) is 5.82 Å². The number of hydrogen-bond donors (Lipinski definition) is 0. The normalized spacial score (nSPS) is 29.6. The lowest BCUT2D eigenvalue weighted by Crippen LogP contribution is -2.28. The molecule has 2 unspecified atom stereocenters. The summed E-state index contributed by atoms with van der Waals surface area (Å²) in [5.74, 6) is 0.541. The van der Waals surface area contributed by atoms with Gasteiger partial charge in [0, 0.05) is 18.2 Å². The van der Waals surface area contributed by atoms with Crippen LogP contribution < -0.4 is 0 Å². The molecule has 1 heterocycles. The summed E-state index contributed by atoms with van der Waals surface area (Å²) in [5.41, 5.74) is 1.98. The molecule has 1 fully saturated rings. The topological polar surface area (TPSA) is 3.24 Å². The van der Waals surface area contributed by atoms with Gasteiger partial charge in [-0.05, 0) is 31.0 Å². The standard InChI is InChI=1S/C13H14FN/c1-15-8-9-6-11(13(15)7-9)10-4-2-3-5-12(10)14/h2-6,9,13H,7-8H2,1H3. The van der Waals surface area contributed by atoms with E-state index in [0.717, 1.165) is 12.1 Å². The minimum absolute atomic E-state index is 0.0929. The molecule has 15 heavy (non-hydrogen) atoms. The molecule has 78 valence electrons. The van der Waals surface area contributed by atoms with Crippen molar-refractivity contribution >= 4 is 5.57 Å². The maximum atomic E-state index is 13.6. The van der Waals surface area contributed by atoms with Crippen LogP contribution in [0.4, 0.5) is 4.39 Å². The third-order valence-electron chi connectivity index (χ3n) is 3.54. The van der Waals surface area contributed by atoms with Crippen molar-refractivity contribution in [3.63, 3.8) is 0 Å². The van der Waals surface area contributed by atoms with E-state index in [4.69, 9.17) is 0 Å². The molecule has 0 aromatic heterocycles. The van der Waals surface area contributed by atoms with E-state index in [1.165, 1.54) is 12.0 Å². The maximum absolute atomic E-state index is 13.6. The van der Waals surface area contributed by atoms with Crippen LogP contribution in [0, 0.1) is 11.7 Å². The van der Waals surface area contributed by atoms with Gasteiger partial charge in [-0.3, -0.25) is 4.90 Å². The Labute approximate surface area is 89.2 Å². The Morgan fingerprint density at radius 3 is 2.80 bits per heavy atom. The molecule has 3 rings (SSSR count). The minimum Gasteiger partial charge on any atom is -0.299 e. The summed E-state index contributed by atoms with van der Waals surface area (Å²) in [4.78, 5) is 2.33. The summed E-state index contributed by atoms with van der Waals surface area (Å²) in [5, 5.41) is 0. The SMILES string of the molecule is CN1CC2C=C(c3ccccc3F)C1C2. The van der Waals surface area contributed by atoms with E-state index < -0.39 is 0 Å². The predicted molar refractivity (Wildman–Crippen MR) is 58.9 cm³/mol. The van der Waals surface area contributed by atoms with Gasteiger partial charge in [0.15, 0.2) is 0 Å². The quantitative estimate of drug-likeness (QED) is 0.678. The van der Waals surface area contributed by atoms with Gasteiger partial charge in [-0.15, -0.1) is 0 Å². The maximum Gasteiger partial charge on any atom is 0.130 e. The fourth-order valence-electron chi connectivity index (χ4n) is 2.85. The van der Waals surface area contributed by atoms with Crippen LogP contribution >= 0.6 is 0 Å². The van der Waals surface area contributed by atoms with Gasteiger partial charge in [0.2, 0.25) is 0 Å². The highest BCUT2D eigenvalue weighted by molar-refractivity contribution is 5.73. The molecule has 2 aliphatic rings. The van der Waals surface area contributed by atoms with E-state index in [9.17, 15) is 4.39 Å². The molecule has 1 aromatic carbocycles. The summed E-state index contributed by atoms with van der Waals surface area (Å²) in [6.07, 6.45) is 3.42. The van der Waals surface area contributed by atoms with Crippen molar-refractivity contribution in [2.24, 2.45) is 5.92 Å². The number of likely N-dealkylation sites (N-methyl/N-ethyl adjacent to an activating group) is 1. The first-order valence-electron chi connectivity index (χ1n) is 5.42. The summed E-state index contributed by atoms with van der Waals surface area (Å²) < 4.78 is 13.6. The second kappa shape index (κ2) is 3.17. The molecule has 2 atom stereocenters. The number of likely N-dealkylation sites (tertiary alicyclic amines) is 1. The fourth-order valence-corrected chi connectivity index (χ4v) is 2.85. The Kier molecular flexibility index (Phi) is 1.93. The van der Waals surface area contributed by atoms with E-state index >= 15 is 0 Å². The third-order valence-corrected chi connectivity index (χ3v) is 3.54. The number of halogens is 1. The monoisotopic (exact) mass is 203 g/mol. The van der Waals surface area contributed by atoms with E-state index in [0.29, 0.717) is 12.0 Å². The average Bonchev–Trinajstić information content (AvgIpc) is 2.76. The van der Waals surface area contributed by atoms with E-state index in [1.807, 2.05) is 12.1 Å². The number of nitrogens with zero attached hydrogens (tertiary/aromatic N) is 1. The van der Waals surface area contributed by atoms with E-state index in [2.05, 4.69) is 18.0 Å². The first-order chi connectivity index (χ1) is 7.25. The van der Waals surface area contributed by atoms with Crippen LogP contribution in [-0.4, -0.2) is 24.5 Å². The lowest BCUT2D eigenvalue weighted by molar-refractivity contribution is 0.352. The number of rotatable bonds is 1. The molecule has 1 aliphatic carbocycles. The van der Waals surface area contributed by atoms with E-state index in [-0.39, 0.29) is 5.82 Å². The summed E-state index contributed by atoms with van der Waals surface area (Å²) >= 11 is 0. The minimum atomic E-state index is -0.0929. The number of benzene rings is 1. The summed E-state index contributed by atoms with van der Waals surface area (Å²) in [7, 11) is 2.12. The second-order valence-electron chi connectivity index (χ2n) is 4.55. The highest BCUT2D eigenvalue weighted by atomic mass is 19.1. The van der Waals surface area contributed by atoms with Crippen molar-refractivity contribution in [2.45, 2.75) is 12.5 Å². The Balaban J connectivity index is 2.03. The first-order valence-corrected chi connectivity index (χ1v) is 5.42. The lowest BCUT2D eigenvalue weighted by atomic mass is 10.00. The largest absolute Gasteiger partial charge is 0.299 e. The Hall–Kier alpha value is -1.15. The van der Waals surface area contributed by atoms with Crippen molar-refractivity contribution in [1.29, 1.82) is 0 Å². The van der Waals surface area contributed by atoms with Crippen molar-refractivity contribution in [3.05, 3.63) is 41.7 Å². The smallest absolute Gasteiger partial charge is 0.130 e. The molecule has 0 amide bonds. The molecule has 1 aromatic rings. The zero-order valence-electron chi connectivity index (χ0n) is 8.78. The molecule has 2 heteroatoms. The molecule has 2 bridgehead atoms. The third kappa shape index (κ3) is 1.32. The molecule has 1 nitrogen and oxygen atoms in total. The van der Waals surface area contributed by atoms with Gasteiger partial charge >= 0.3 is 0 Å². The van der Waals surface area contributed by atoms with Crippen molar-refractivity contribution < 1.29 is 4.39 Å². The molecular formula is C13H14FN. The van der Waals surface area contributed by atoms with Crippen molar-refractivity contribution in [2.75, 3.05) is 13.6 Å². The highest BCUT2D eigenvalue weighted by Gasteiger charge is 2.37. The zero-order chi connectivity index (χ0) is 10.4. The Bertz CT molecular complexity index is 424. The van der Waals surface area contributed by atoms with Crippen LogP contribution in [0.2, 0.25) is 0 Å². The van der Waals surface area contributed by atoms with E-state index in [1.54, 1.807) is 12.1 Å². The predicted octanol–water partition coefficient (Wildman–Crippen LogP) is 2.54. The molecule has 1 saturated heterocycles. The van der Waals surface area contributed by atoms with Gasteiger partial charge in [-0.2, -0.15) is 0 Å². The molecule has 0 saturated carbocycles. The van der Waals surface area contributed by atoms with Crippen molar-refractivity contribution in [1.82, 2.24) is 4.90 Å². The van der Waals surface area contributed by atoms with Gasteiger partial charge in [0.25, 0.3) is 0 Å². The van der Waals surface area contributed by atoms with Crippen LogP contribution in [0.15, 0.2) is 30.3 Å². The van der Waals surface area contributed by atoms with Crippen LogP contribution in [0.5, 0.6) is 0 Å². The lowest BCUT2D eigenvalue weighted by Gasteiger charge is -2.24. The van der Waals surface area contributed by atoms with Gasteiger partial charge < -0.3 is 0 Å². The fraction of sp³-hybridized carbons (Fsp3) is 0.385. The average molecular weight is 203 g/mol. The number of hydrogen-bond acceptors (Lipinski definition) is 1. The Morgan fingerprint density at radius 1 is 1.33 bits per heavy atom. The van der Waals surface area contributed by atoms with Crippen LogP contribution in [0.3, 0.4) is 0 Å². The molecule has 0 radical (unpaired) electrons. The highest BCUT2D eigenvalue weighted by Crippen LogP contribution is 2.41. The van der Waals surface area contributed by atoms with Crippen molar-refractivity contribution in [3.8, 4) is 0 Å². The molecule has 0 spiro atoms. The molecular weight excluding hydrogens is 189 g/mol. The summed E-state index contributed by atoms with van der Waals surface area (Å²) in [6.45, 7) is 1.13. The van der Waals surface area contributed by atoms with Gasteiger partial charge in [-0.1, -0.05) is 24.3 Å². The van der Waals surface area contributed by atoms with Crippen LogP contribution in [-0.2, 0) is 0 Å². The molecule has 1 aliphatic heterocycles. The van der Waals surface area contributed by atoms with Crippen LogP contribution in [0.25, 0.3) is 5.57 Å². The Morgan fingerprint density at radius 2 is 2.13 bits per heavy atom. The first kappa shape index (κ1) is 9.10.